The number of hydrogen-bond acceptors (Lipinski definition) is 4. The normalized spacial score (nSPS) is 11.7. The van der Waals surface area contributed by atoms with E-state index < -0.39 is 0 Å². The molecular weight excluding hydrogens is 599 g/mol. The summed E-state index contributed by atoms with van der Waals surface area (Å²) in [4.78, 5) is 14.8. The average Bonchev–Trinajstić information content (AvgIpc) is 3.54. The Labute approximate surface area is 282 Å². The molecule has 10 aromatic rings. The fourth-order valence-electron chi connectivity index (χ4n) is 7.11. The number of rotatable bonds is 4. The Kier molecular flexibility index (Phi) is 6.15. The molecule has 0 unspecified atom stereocenters. The van der Waals surface area contributed by atoms with Crippen molar-refractivity contribution in [3.05, 3.63) is 164 Å². The van der Waals surface area contributed by atoms with Gasteiger partial charge in [0.25, 0.3) is 0 Å². The molecule has 228 valence electrons. The predicted molar refractivity (Wildman–Crippen MR) is 201 cm³/mol. The van der Waals surface area contributed by atoms with Gasteiger partial charge in [0, 0.05) is 33.0 Å². The third-order valence-electron chi connectivity index (χ3n) is 9.48. The van der Waals surface area contributed by atoms with Crippen molar-refractivity contribution in [3.8, 4) is 45.3 Å². The molecule has 4 nitrogen and oxygen atoms in total. The van der Waals surface area contributed by atoms with Crippen LogP contribution in [0.2, 0.25) is 0 Å². The molecule has 0 aliphatic carbocycles. The Morgan fingerprint density at radius 3 is 1.59 bits per heavy atom. The van der Waals surface area contributed by atoms with Crippen molar-refractivity contribution in [2.45, 2.75) is 0 Å². The monoisotopic (exact) mass is 625 g/mol. The first kappa shape index (κ1) is 27.5. The van der Waals surface area contributed by atoms with E-state index >= 15 is 0 Å². The van der Waals surface area contributed by atoms with Gasteiger partial charge in [0.15, 0.2) is 17.5 Å². The van der Waals surface area contributed by atoms with Gasteiger partial charge in [0.1, 0.15) is 11.2 Å². The second-order valence-electron chi connectivity index (χ2n) is 12.4. The van der Waals surface area contributed by atoms with Gasteiger partial charge < -0.3 is 4.42 Å². The summed E-state index contributed by atoms with van der Waals surface area (Å²) in [6.45, 7) is 0. The Hall–Kier alpha value is -6.65. The van der Waals surface area contributed by atoms with Gasteiger partial charge in [-0.3, -0.25) is 0 Å². The van der Waals surface area contributed by atoms with Crippen LogP contribution >= 0.6 is 0 Å². The lowest BCUT2D eigenvalue weighted by Crippen LogP contribution is -2.00. The lowest BCUT2D eigenvalue weighted by atomic mass is 9.92. The highest BCUT2D eigenvalue weighted by Gasteiger charge is 2.19. The van der Waals surface area contributed by atoms with Crippen LogP contribution in [-0.2, 0) is 0 Å². The smallest absolute Gasteiger partial charge is 0.164 e. The molecule has 2 heterocycles. The molecule has 0 N–H and O–H groups in total. The molecule has 0 aliphatic heterocycles. The van der Waals surface area contributed by atoms with Crippen LogP contribution in [0.15, 0.2) is 168 Å². The van der Waals surface area contributed by atoms with Crippen LogP contribution in [0.1, 0.15) is 0 Å². The molecule has 0 fully saturated rings. The van der Waals surface area contributed by atoms with Gasteiger partial charge >= 0.3 is 0 Å². The van der Waals surface area contributed by atoms with Gasteiger partial charge in [-0.2, -0.15) is 0 Å². The molecule has 0 aliphatic rings. The maximum absolute atomic E-state index is 6.85. The van der Waals surface area contributed by atoms with E-state index in [1.54, 1.807) is 0 Å². The highest BCUT2D eigenvalue weighted by atomic mass is 16.3. The van der Waals surface area contributed by atoms with E-state index in [2.05, 4.69) is 103 Å². The molecule has 0 saturated carbocycles. The maximum Gasteiger partial charge on any atom is 0.164 e. The van der Waals surface area contributed by atoms with Crippen LogP contribution in [0.4, 0.5) is 0 Å². The van der Waals surface area contributed by atoms with Gasteiger partial charge in [-0.1, -0.05) is 140 Å². The zero-order valence-electron chi connectivity index (χ0n) is 26.3. The molecule has 49 heavy (non-hydrogen) atoms. The largest absolute Gasteiger partial charge is 0.455 e. The second kappa shape index (κ2) is 11.0. The minimum Gasteiger partial charge on any atom is -0.455 e. The van der Waals surface area contributed by atoms with E-state index in [0.29, 0.717) is 17.5 Å². The van der Waals surface area contributed by atoms with Crippen LogP contribution in [0.25, 0.3) is 99.5 Å². The summed E-state index contributed by atoms with van der Waals surface area (Å²) in [6.07, 6.45) is 0. The Bertz CT molecular complexity index is 2820. The van der Waals surface area contributed by atoms with Crippen LogP contribution in [0.3, 0.4) is 0 Å². The minimum atomic E-state index is 0.599. The van der Waals surface area contributed by atoms with Gasteiger partial charge in [0.2, 0.25) is 0 Å². The number of aromatic nitrogens is 3. The summed E-state index contributed by atoms with van der Waals surface area (Å²) in [7, 11) is 0. The SMILES string of the molecule is c1ccc(-c2nc(-c3ccccc3)nc(-c3ccc4c(c3)oc3c(-c5ccc6c(ccc7ccccc76)c5)c5ccccc5cc34)n2)cc1. The second-order valence-corrected chi connectivity index (χ2v) is 12.4. The zero-order chi connectivity index (χ0) is 32.3. The van der Waals surface area contributed by atoms with E-state index in [4.69, 9.17) is 19.4 Å². The van der Waals surface area contributed by atoms with E-state index in [9.17, 15) is 0 Å². The Balaban J connectivity index is 1.18. The molecule has 8 aromatic carbocycles. The van der Waals surface area contributed by atoms with Gasteiger partial charge in [0.05, 0.1) is 0 Å². The van der Waals surface area contributed by atoms with Crippen molar-refractivity contribution < 1.29 is 4.42 Å². The number of benzene rings is 8. The van der Waals surface area contributed by atoms with Crippen molar-refractivity contribution in [2.75, 3.05) is 0 Å². The quantitative estimate of drug-likeness (QED) is 0.183. The molecule has 4 heteroatoms. The summed E-state index contributed by atoms with van der Waals surface area (Å²) in [6, 6.07) is 57.0. The van der Waals surface area contributed by atoms with Gasteiger partial charge in [-0.25, -0.2) is 15.0 Å². The van der Waals surface area contributed by atoms with Crippen molar-refractivity contribution in [1.82, 2.24) is 15.0 Å². The molecule has 0 saturated heterocycles. The van der Waals surface area contributed by atoms with E-state index in [0.717, 1.165) is 55.1 Å². The van der Waals surface area contributed by atoms with Crippen LogP contribution in [0, 0.1) is 0 Å². The summed E-state index contributed by atoms with van der Waals surface area (Å²) in [5.74, 6) is 1.86. The molecule has 10 rings (SSSR count). The van der Waals surface area contributed by atoms with Crippen molar-refractivity contribution in [2.24, 2.45) is 0 Å². The van der Waals surface area contributed by atoms with E-state index in [-0.39, 0.29) is 0 Å². The fourth-order valence-corrected chi connectivity index (χ4v) is 7.11. The third-order valence-corrected chi connectivity index (χ3v) is 9.48. The Morgan fingerprint density at radius 1 is 0.327 bits per heavy atom. The van der Waals surface area contributed by atoms with Crippen LogP contribution < -0.4 is 0 Å². The van der Waals surface area contributed by atoms with Crippen LogP contribution in [0.5, 0.6) is 0 Å². The molecule has 0 bridgehead atoms. The highest BCUT2D eigenvalue weighted by Crippen LogP contribution is 2.43. The molecule has 0 atom stereocenters. The van der Waals surface area contributed by atoms with E-state index in [1.165, 1.54) is 26.9 Å². The Morgan fingerprint density at radius 2 is 0.857 bits per heavy atom. The van der Waals surface area contributed by atoms with Gasteiger partial charge in [-0.05, 0) is 62.1 Å². The first-order valence-corrected chi connectivity index (χ1v) is 16.4. The molecule has 0 radical (unpaired) electrons. The number of hydrogen-bond donors (Lipinski definition) is 0. The molecule has 0 spiro atoms. The number of fused-ring (bicyclic) bond motifs is 7. The summed E-state index contributed by atoms with van der Waals surface area (Å²) >= 11 is 0. The first-order chi connectivity index (χ1) is 24.3. The maximum atomic E-state index is 6.85. The molecular formula is C45H27N3O. The topological polar surface area (TPSA) is 51.8 Å². The fraction of sp³-hybridized carbons (Fsp3) is 0. The number of nitrogens with zero attached hydrogens (tertiary/aromatic N) is 3. The third kappa shape index (κ3) is 4.57. The first-order valence-electron chi connectivity index (χ1n) is 16.4. The molecule has 0 amide bonds. The number of furan rings is 1. The zero-order valence-corrected chi connectivity index (χ0v) is 26.3. The summed E-state index contributed by atoms with van der Waals surface area (Å²) in [5, 5.41) is 9.42. The summed E-state index contributed by atoms with van der Waals surface area (Å²) in [5.41, 5.74) is 6.63. The minimum absolute atomic E-state index is 0.599. The van der Waals surface area contributed by atoms with E-state index in [1.807, 2.05) is 60.7 Å². The van der Waals surface area contributed by atoms with Gasteiger partial charge in [-0.15, -0.1) is 0 Å². The summed E-state index contributed by atoms with van der Waals surface area (Å²) < 4.78 is 6.85. The average molecular weight is 626 g/mol. The molecule has 2 aromatic heterocycles. The lowest BCUT2D eigenvalue weighted by Gasteiger charge is -2.11. The standard InChI is InChI=1S/C45H27N3O/c1-3-12-29(13-4-1)43-46-44(30-14-5-2-6-15-30)48-45(47-43)34-22-24-38-39-26-31-16-8-10-18-37(31)41(42(39)49-40(38)27-34)33-21-23-36-32(25-33)20-19-28-11-7-9-17-35(28)36/h1-27H. The lowest BCUT2D eigenvalue weighted by molar-refractivity contribution is 0.670. The predicted octanol–water partition coefficient (Wildman–Crippen LogP) is 11.9. The van der Waals surface area contributed by atoms with Crippen molar-refractivity contribution in [3.63, 3.8) is 0 Å². The van der Waals surface area contributed by atoms with Crippen molar-refractivity contribution in [1.29, 1.82) is 0 Å². The highest BCUT2D eigenvalue weighted by molar-refractivity contribution is 6.19. The van der Waals surface area contributed by atoms with Crippen LogP contribution in [-0.4, -0.2) is 15.0 Å². The van der Waals surface area contributed by atoms with Crippen molar-refractivity contribution >= 4 is 54.3 Å².